The first kappa shape index (κ1) is 44.3. The molecule has 10 heteroatoms. The summed E-state index contributed by atoms with van der Waals surface area (Å²) in [6.07, 6.45) is 10.3. The third-order valence-corrected chi connectivity index (χ3v) is 15.4. The average Bonchev–Trinajstić information content (AvgIpc) is 3.17. The van der Waals surface area contributed by atoms with Crippen molar-refractivity contribution in [3.05, 3.63) is 0 Å². The summed E-state index contributed by atoms with van der Waals surface area (Å²) in [4.78, 5) is 0. The lowest BCUT2D eigenvalue weighted by atomic mass is 9.67. The van der Waals surface area contributed by atoms with Gasteiger partial charge in [-0.25, -0.2) is 0 Å². The molecule has 2 spiro atoms. The zero-order valence-corrected chi connectivity index (χ0v) is 35.5. The van der Waals surface area contributed by atoms with Crippen molar-refractivity contribution in [2.45, 2.75) is 194 Å². The normalized spacial score (nSPS) is 44.9. The highest BCUT2D eigenvalue weighted by atomic mass is 16.7. The third kappa shape index (κ3) is 8.05. The molecule has 0 N–H and O–H groups in total. The molecule has 0 amide bonds. The third-order valence-electron chi connectivity index (χ3n) is 15.4. The number of hydroxylamine groups is 4. The molecule has 0 aromatic rings. The monoisotopic (exact) mass is 739 g/mol. The average molecular weight is 739 g/mol. The maximum atomic E-state index is 13.5. The van der Waals surface area contributed by atoms with E-state index >= 15 is 0 Å². The Morgan fingerprint density at radius 1 is 0.519 bits per heavy atom. The lowest BCUT2D eigenvalue weighted by Crippen LogP contribution is -2.73. The van der Waals surface area contributed by atoms with E-state index in [1.165, 1.54) is 10.1 Å². The highest BCUT2D eigenvalue weighted by molar-refractivity contribution is 5.10. The molecule has 4 aliphatic heterocycles. The quantitative estimate of drug-likeness (QED) is 0.136. The van der Waals surface area contributed by atoms with Gasteiger partial charge in [0.1, 0.15) is 0 Å². The van der Waals surface area contributed by atoms with Crippen molar-refractivity contribution in [3.8, 4) is 0 Å². The van der Waals surface area contributed by atoms with Crippen LogP contribution in [0, 0.1) is 22.7 Å². The molecular formula is C42H78N2O8. The maximum Gasteiger partial charge on any atom is 0.174 e. The van der Waals surface area contributed by atoms with Gasteiger partial charge in [0.2, 0.25) is 0 Å². The Morgan fingerprint density at radius 3 is 1.12 bits per heavy atom. The summed E-state index contributed by atoms with van der Waals surface area (Å²) in [5, 5.41) is 29.7. The number of piperidine rings is 2. The summed E-state index contributed by atoms with van der Waals surface area (Å²) in [6.45, 7) is 30.3. The van der Waals surface area contributed by atoms with Crippen LogP contribution in [0.2, 0.25) is 0 Å². The van der Waals surface area contributed by atoms with Gasteiger partial charge in [-0.1, -0.05) is 68.2 Å². The molecule has 10 nitrogen and oxygen atoms in total. The molecule has 6 atom stereocenters. The van der Waals surface area contributed by atoms with Crippen LogP contribution in [0.5, 0.6) is 0 Å². The summed E-state index contributed by atoms with van der Waals surface area (Å²) in [7, 11) is 0. The minimum Gasteiger partial charge on any atom is -0.381 e. The second kappa shape index (κ2) is 17.0. The van der Waals surface area contributed by atoms with Crippen molar-refractivity contribution < 1.29 is 38.8 Å². The molecule has 2 radical (unpaired) electrons. The predicted octanol–water partition coefficient (Wildman–Crippen LogP) is 8.91. The van der Waals surface area contributed by atoms with Crippen LogP contribution in [0.1, 0.15) is 160 Å². The van der Waals surface area contributed by atoms with Crippen LogP contribution >= 0.6 is 0 Å². The Bertz CT molecular complexity index is 1040. The Morgan fingerprint density at radius 2 is 0.846 bits per heavy atom. The van der Waals surface area contributed by atoms with Gasteiger partial charge < -0.3 is 28.4 Å². The van der Waals surface area contributed by atoms with E-state index in [-0.39, 0.29) is 22.7 Å². The van der Waals surface area contributed by atoms with E-state index in [2.05, 4.69) is 83.1 Å². The smallest absolute Gasteiger partial charge is 0.174 e. The molecule has 0 bridgehead atoms. The zero-order chi connectivity index (χ0) is 38.7. The van der Waals surface area contributed by atoms with Crippen molar-refractivity contribution in [1.29, 1.82) is 0 Å². The molecule has 4 heterocycles. The summed E-state index contributed by atoms with van der Waals surface area (Å²) in [5.41, 5.74) is -2.46. The molecule has 6 unspecified atom stereocenters. The minimum absolute atomic E-state index is 0.0432. The van der Waals surface area contributed by atoms with Gasteiger partial charge in [0.15, 0.2) is 11.6 Å². The number of nitrogens with zero attached hydrogens (tertiary/aromatic N) is 2. The second-order valence-electron chi connectivity index (χ2n) is 18.5. The summed E-state index contributed by atoms with van der Waals surface area (Å²) in [5.74, 6) is -1.57. The molecule has 0 saturated carbocycles. The van der Waals surface area contributed by atoms with Gasteiger partial charge in [0.25, 0.3) is 0 Å². The number of rotatable bonds is 17. The lowest BCUT2D eigenvalue weighted by Gasteiger charge is -2.62. The summed E-state index contributed by atoms with van der Waals surface area (Å²) < 4.78 is 39.4. The van der Waals surface area contributed by atoms with Crippen LogP contribution < -0.4 is 0 Å². The van der Waals surface area contributed by atoms with Crippen molar-refractivity contribution in [2.75, 3.05) is 52.9 Å². The second-order valence-corrected chi connectivity index (χ2v) is 18.5. The van der Waals surface area contributed by atoms with Crippen molar-refractivity contribution >= 4 is 0 Å². The van der Waals surface area contributed by atoms with Gasteiger partial charge in [-0.15, -0.1) is 20.5 Å². The van der Waals surface area contributed by atoms with Crippen LogP contribution in [-0.2, 0) is 38.8 Å². The van der Waals surface area contributed by atoms with Crippen LogP contribution in [0.15, 0.2) is 0 Å². The molecule has 0 aromatic carbocycles. The van der Waals surface area contributed by atoms with Gasteiger partial charge in [-0.2, -0.15) is 0 Å². The number of unbranched alkanes of at least 4 members (excludes halogenated alkanes) is 3. The van der Waals surface area contributed by atoms with E-state index in [0.29, 0.717) is 52.5 Å². The first-order valence-corrected chi connectivity index (χ1v) is 21.1. The van der Waals surface area contributed by atoms with Gasteiger partial charge in [-0.3, -0.25) is 0 Å². The van der Waals surface area contributed by atoms with E-state index < -0.39 is 33.7 Å². The van der Waals surface area contributed by atoms with Crippen molar-refractivity contribution in [1.82, 2.24) is 10.1 Å². The van der Waals surface area contributed by atoms with Crippen molar-refractivity contribution in [2.24, 2.45) is 22.7 Å². The van der Waals surface area contributed by atoms with Crippen LogP contribution in [0.25, 0.3) is 0 Å². The van der Waals surface area contributed by atoms with E-state index in [4.69, 9.17) is 28.4 Å². The number of hydrogen-bond donors (Lipinski definition) is 0. The Labute approximate surface area is 317 Å². The molecule has 0 aromatic heterocycles. The van der Waals surface area contributed by atoms with Gasteiger partial charge >= 0.3 is 0 Å². The zero-order valence-electron chi connectivity index (χ0n) is 35.5. The molecule has 304 valence electrons. The van der Waals surface area contributed by atoms with Crippen molar-refractivity contribution in [3.63, 3.8) is 0 Å². The lowest BCUT2D eigenvalue weighted by molar-refractivity contribution is -0.415. The molecule has 4 rings (SSSR count). The van der Waals surface area contributed by atoms with Gasteiger partial charge in [-0.05, 0) is 79.1 Å². The van der Waals surface area contributed by atoms with Gasteiger partial charge in [0, 0.05) is 48.7 Å². The largest absolute Gasteiger partial charge is 0.381 e. The van der Waals surface area contributed by atoms with Crippen LogP contribution in [0.3, 0.4) is 0 Å². The number of ether oxygens (including phenoxy) is 6. The summed E-state index contributed by atoms with van der Waals surface area (Å²) in [6, 6.07) is 0. The fourth-order valence-electron chi connectivity index (χ4n) is 9.57. The van der Waals surface area contributed by atoms with E-state index in [1.807, 2.05) is 0 Å². The minimum atomic E-state index is -0.741. The topological polar surface area (TPSA) is 102 Å². The van der Waals surface area contributed by atoms with Crippen LogP contribution in [-0.4, -0.2) is 96.7 Å². The molecular weight excluding hydrogens is 660 g/mol. The fourth-order valence-corrected chi connectivity index (χ4v) is 9.57. The molecule has 52 heavy (non-hydrogen) atoms. The Balaban J connectivity index is 1.15. The number of hydrogen-bond acceptors (Lipinski definition) is 8. The SMILES string of the molecule is CCC1(COCCCCCCOCC2(CC)COC3(CC(C)(CC)N([O])C(C)(CC)C3C)OC2)COC2(CC(C)(CC)N([O])C(C)(CC)C2C)OC1. The first-order valence-electron chi connectivity index (χ1n) is 21.1. The molecule has 4 fully saturated rings. The molecule has 4 saturated heterocycles. The highest BCUT2D eigenvalue weighted by Gasteiger charge is 2.65. The van der Waals surface area contributed by atoms with Gasteiger partial charge in [0.05, 0.1) is 61.8 Å². The Kier molecular flexibility index (Phi) is 14.5. The molecule has 0 aliphatic carbocycles. The van der Waals surface area contributed by atoms with E-state index in [9.17, 15) is 10.4 Å². The predicted molar refractivity (Wildman–Crippen MR) is 202 cm³/mol. The summed E-state index contributed by atoms with van der Waals surface area (Å²) >= 11 is 0. The van der Waals surface area contributed by atoms with Crippen LogP contribution in [0.4, 0.5) is 0 Å². The van der Waals surface area contributed by atoms with E-state index in [1.54, 1.807) is 0 Å². The fraction of sp³-hybridized carbons (Fsp3) is 1.00. The van der Waals surface area contributed by atoms with E-state index in [0.717, 1.165) is 77.4 Å². The molecule has 4 aliphatic rings. The maximum absolute atomic E-state index is 13.5. The standard InChI is InChI=1S/C42H78N2O8/c1-13-35(9)25-41(33(7)37(11,15-3)43(35)45)49-29-39(17-5,30-50-41)27-47-23-21-19-20-22-24-48-28-40(18-6)31-51-42(52-32-40)26-36(10,14-2)44(46)38(12,16-4)34(42)8/h33-34H,13-32H2,1-12H3. The first-order chi connectivity index (χ1) is 24.4. The Hall–Kier alpha value is -0.400. The highest BCUT2D eigenvalue weighted by Crippen LogP contribution is 2.55.